The molecule has 2 aromatic rings. The molecule has 5 heteroatoms. The van der Waals surface area contributed by atoms with Gasteiger partial charge in [0.25, 0.3) is 0 Å². The Morgan fingerprint density at radius 2 is 1.86 bits per heavy atom. The van der Waals surface area contributed by atoms with Gasteiger partial charge in [0.2, 0.25) is 5.89 Å². The van der Waals surface area contributed by atoms with E-state index in [1.54, 1.807) is 24.3 Å². The lowest BCUT2D eigenvalue weighted by molar-refractivity contribution is -0.130. The normalized spacial score (nSPS) is 16.1. The molecule has 0 fully saturated rings. The van der Waals surface area contributed by atoms with Gasteiger partial charge in [-0.25, -0.2) is 4.98 Å². The first-order chi connectivity index (χ1) is 10.6. The predicted octanol–water partition coefficient (Wildman–Crippen LogP) is 0.680. The van der Waals surface area contributed by atoms with Crippen LogP contribution in [0, 0.1) is 0 Å². The summed E-state index contributed by atoms with van der Waals surface area (Å²) in [5, 5.41) is 20.4. The summed E-state index contributed by atoms with van der Waals surface area (Å²) >= 11 is 0. The summed E-state index contributed by atoms with van der Waals surface area (Å²) < 4.78 is 5.71. The number of fused-ring (bicyclic) bond motifs is 1. The lowest BCUT2D eigenvalue weighted by Gasteiger charge is -2.15. The van der Waals surface area contributed by atoms with Crippen LogP contribution in [0.5, 0.6) is 0 Å². The number of hydrogen-bond acceptors (Lipinski definition) is 5. The standard InChI is InChI=1S/C17H17NO4/c1-10(19)15(20)16(21)11-6-8-12(9-7-11)17-18-13-4-2-3-5-14(13)22-17/h4-9,15-16,20-21H,2-3H2,1H3/t15-,16-/m1/s1. The molecule has 1 aliphatic carbocycles. The van der Waals surface area contributed by atoms with E-state index < -0.39 is 18.0 Å². The summed E-state index contributed by atoms with van der Waals surface area (Å²) in [5.41, 5.74) is 2.04. The summed E-state index contributed by atoms with van der Waals surface area (Å²) in [4.78, 5) is 15.6. The highest BCUT2D eigenvalue weighted by molar-refractivity contribution is 5.81. The van der Waals surface area contributed by atoms with Gasteiger partial charge >= 0.3 is 0 Å². The highest BCUT2D eigenvalue weighted by Gasteiger charge is 2.22. The second-order valence-corrected chi connectivity index (χ2v) is 5.38. The molecular weight excluding hydrogens is 282 g/mol. The lowest BCUT2D eigenvalue weighted by atomic mass is 10.0. The molecule has 1 aromatic heterocycles. The van der Waals surface area contributed by atoms with Gasteiger partial charge in [0.1, 0.15) is 17.6 Å². The Balaban J connectivity index is 1.89. The Morgan fingerprint density at radius 1 is 1.18 bits per heavy atom. The van der Waals surface area contributed by atoms with E-state index in [2.05, 4.69) is 4.98 Å². The Labute approximate surface area is 127 Å². The van der Waals surface area contributed by atoms with Crippen molar-refractivity contribution in [2.45, 2.75) is 32.0 Å². The quantitative estimate of drug-likeness (QED) is 0.867. The van der Waals surface area contributed by atoms with Crippen LogP contribution in [-0.4, -0.2) is 27.1 Å². The fraction of sp³-hybridized carbons (Fsp3) is 0.294. The van der Waals surface area contributed by atoms with E-state index in [0.717, 1.165) is 29.2 Å². The zero-order chi connectivity index (χ0) is 15.7. The largest absolute Gasteiger partial charge is 0.436 e. The van der Waals surface area contributed by atoms with Crippen LogP contribution in [0.2, 0.25) is 0 Å². The second-order valence-electron chi connectivity index (χ2n) is 5.38. The summed E-state index contributed by atoms with van der Waals surface area (Å²) in [6.07, 6.45) is 3.34. The molecular formula is C17H17NO4. The van der Waals surface area contributed by atoms with Crippen LogP contribution in [0.3, 0.4) is 0 Å². The van der Waals surface area contributed by atoms with Gasteiger partial charge in [-0.05, 0) is 43.5 Å². The van der Waals surface area contributed by atoms with Gasteiger partial charge in [-0.1, -0.05) is 18.2 Å². The molecule has 5 nitrogen and oxygen atoms in total. The van der Waals surface area contributed by atoms with E-state index in [1.165, 1.54) is 6.92 Å². The minimum absolute atomic E-state index is 0.469. The fourth-order valence-corrected chi connectivity index (χ4v) is 2.42. The molecule has 3 rings (SSSR count). The van der Waals surface area contributed by atoms with Crippen molar-refractivity contribution in [3.63, 3.8) is 0 Å². The van der Waals surface area contributed by atoms with Gasteiger partial charge in [0.15, 0.2) is 11.2 Å². The average Bonchev–Trinajstić information content (AvgIpc) is 2.97. The molecule has 0 saturated carbocycles. The van der Waals surface area contributed by atoms with Gasteiger partial charge in [-0.15, -0.1) is 0 Å². The highest BCUT2D eigenvalue weighted by Crippen LogP contribution is 2.22. The minimum Gasteiger partial charge on any atom is -0.436 e. The number of ketones is 1. The van der Waals surface area contributed by atoms with Crippen LogP contribution in [-0.2, 0) is 4.79 Å². The van der Waals surface area contributed by atoms with Crippen molar-refractivity contribution in [3.05, 3.63) is 40.6 Å². The summed E-state index contributed by atoms with van der Waals surface area (Å²) in [7, 11) is 0. The molecule has 0 bridgehead atoms. The Morgan fingerprint density at radius 3 is 2.50 bits per heavy atom. The zero-order valence-corrected chi connectivity index (χ0v) is 12.2. The molecule has 22 heavy (non-hydrogen) atoms. The van der Waals surface area contributed by atoms with Crippen molar-refractivity contribution >= 4 is 17.9 Å². The first kappa shape index (κ1) is 14.7. The molecule has 1 heterocycles. The Kier molecular flexibility index (Phi) is 3.92. The molecule has 0 aliphatic heterocycles. The van der Waals surface area contributed by atoms with Crippen LogP contribution in [0.25, 0.3) is 23.6 Å². The second kappa shape index (κ2) is 5.87. The number of rotatable bonds is 4. The maximum Gasteiger partial charge on any atom is 0.227 e. The molecule has 114 valence electrons. The number of Topliss-reactive ketones (excluding diaryl/α,β-unsaturated/α-hetero) is 1. The maximum atomic E-state index is 11.1. The van der Waals surface area contributed by atoms with Crippen molar-refractivity contribution in [2.75, 3.05) is 0 Å². The molecule has 0 amide bonds. The number of oxazole rings is 1. The van der Waals surface area contributed by atoms with Gasteiger partial charge < -0.3 is 14.6 Å². The topological polar surface area (TPSA) is 83.6 Å². The van der Waals surface area contributed by atoms with Gasteiger partial charge in [-0.3, -0.25) is 4.79 Å². The van der Waals surface area contributed by atoms with Crippen LogP contribution in [0.15, 0.2) is 28.7 Å². The number of carbonyl (C=O) groups is 1. The van der Waals surface area contributed by atoms with E-state index in [1.807, 2.05) is 12.2 Å². The van der Waals surface area contributed by atoms with Crippen molar-refractivity contribution < 1.29 is 19.4 Å². The van der Waals surface area contributed by atoms with E-state index in [0.29, 0.717) is 11.5 Å². The monoisotopic (exact) mass is 299 g/mol. The van der Waals surface area contributed by atoms with Crippen molar-refractivity contribution in [3.8, 4) is 11.5 Å². The molecule has 0 unspecified atom stereocenters. The third kappa shape index (κ3) is 2.73. The van der Waals surface area contributed by atoms with E-state index in [-0.39, 0.29) is 0 Å². The molecule has 2 N–H and O–H groups in total. The fourth-order valence-electron chi connectivity index (χ4n) is 2.42. The van der Waals surface area contributed by atoms with Crippen LogP contribution in [0.1, 0.15) is 31.4 Å². The van der Waals surface area contributed by atoms with E-state index in [4.69, 9.17) is 4.42 Å². The van der Waals surface area contributed by atoms with Gasteiger partial charge in [0.05, 0.1) is 0 Å². The third-order valence-electron chi connectivity index (χ3n) is 3.73. The SMILES string of the molecule is CC(=O)[C@@H](O)[C@H](O)c1ccc(-c2nc3c(o2)=CCCC=3)cc1. The van der Waals surface area contributed by atoms with Crippen molar-refractivity contribution in [2.24, 2.45) is 0 Å². The van der Waals surface area contributed by atoms with Crippen LogP contribution >= 0.6 is 0 Å². The summed E-state index contributed by atoms with van der Waals surface area (Å²) in [6.45, 7) is 1.24. The maximum absolute atomic E-state index is 11.1. The van der Waals surface area contributed by atoms with Gasteiger partial charge in [-0.2, -0.15) is 0 Å². The molecule has 0 radical (unpaired) electrons. The number of hydrogen-bond donors (Lipinski definition) is 2. The zero-order valence-electron chi connectivity index (χ0n) is 12.2. The molecule has 0 saturated heterocycles. The number of aliphatic hydroxyl groups is 2. The predicted molar refractivity (Wildman–Crippen MR) is 81.0 cm³/mol. The van der Waals surface area contributed by atoms with Crippen molar-refractivity contribution in [1.82, 2.24) is 4.98 Å². The molecule has 1 aliphatic rings. The van der Waals surface area contributed by atoms with E-state index >= 15 is 0 Å². The van der Waals surface area contributed by atoms with E-state index in [9.17, 15) is 15.0 Å². The first-order valence-electron chi connectivity index (χ1n) is 7.20. The molecule has 2 atom stereocenters. The Hall–Kier alpha value is -2.24. The minimum atomic E-state index is -1.41. The van der Waals surface area contributed by atoms with Crippen molar-refractivity contribution in [1.29, 1.82) is 0 Å². The number of carbonyl (C=O) groups excluding carboxylic acids is 1. The van der Waals surface area contributed by atoms with Crippen LogP contribution in [0.4, 0.5) is 0 Å². The third-order valence-corrected chi connectivity index (χ3v) is 3.73. The average molecular weight is 299 g/mol. The number of aliphatic hydroxyl groups excluding tert-OH is 2. The highest BCUT2D eigenvalue weighted by atomic mass is 16.3. The lowest BCUT2D eigenvalue weighted by Crippen LogP contribution is -2.25. The number of aromatic nitrogens is 1. The number of benzene rings is 1. The van der Waals surface area contributed by atoms with Crippen LogP contribution < -0.4 is 10.8 Å². The first-order valence-corrected chi connectivity index (χ1v) is 7.20. The summed E-state index contributed by atoms with van der Waals surface area (Å²) in [5.74, 6) is 0.0515. The smallest absolute Gasteiger partial charge is 0.227 e. The summed E-state index contributed by atoms with van der Waals surface area (Å²) in [6, 6.07) is 6.82. The number of nitrogens with zero attached hydrogens (tertiary/aromatic N) is 1. The Bertz CT molecular complexity index is 771. The van der Waals surface area contributed by atoms with Gasteiger partial charge in [0, 0.05) is 5.56 Å². The molecule has 1 aromatic carbocycles. The molecule has 0 spiro atoms.